The lowest BCUT2D eigenvalue weighted by molar-refractivity contribution is -0.103. The van der Waals surface area contributed by atoms with Crippen LogP contribution < -0.4 is 0 Å². The standard InChI is InChI=1S/C16H10O2/c17-10-14-12-8-4-5-9-13(12)16(18)15(14)11-6-2-1-3-7-11/h1-10H. The van der Waals surface area contributed by atoms with Crippen LogP contribution >= 0.6 is 0 Å². The summed E-state index contributed by atoms with van der Waals surface area (Å²) in [5.74, 6) is -0.0705. The number of aldehydes is 1. The summed E-state index contributed by atoms with van der Waals surface area (Å²) >= 11 is 0. The Morgan fingerprint density at radius 2 is 1.39 bits per heavy atom. The molecule has 0 aromatic heterocycles. The van der Waals surface area contributed by atoms with Crippen molar-refractivity contribution in [3.05, 3.63) is 71.3 Å². The quantitative estimate of drug-likeness (QED) is 0.748. The summed E-state index contributed by atoms with van der Waals surface area (Å²) < 4.78 is 0. The van der Waals surface area contributed by atoms with Gasteiger partial charge in [0.2, 0.25) is 0 Å². The first kappa shape index (κ1) is 10.7. The highest BCUT2D eigenvalue weighted by Crippen LogP contribution is 2.36. The third-order valence-electron chi connectivity index (χ3n) is 3.14. The molecule has 2 nitrogen and oxygen atoms in total. The van der Waals surface area contributed by atoms with Crippen molar-refractivity contribution in [1.82, 2.24) is 0 Å². The molecule has 2 aromatic carbocycles. The molecule has 0 aliphatic heterocycles. The Hall–Kier alpha value is -2.48. The molecule has 1 aliphatic carbocycles. The van der Waals surface area contributed by atoms with Crippen LogP contribution in [0.15, 0.2) is 54.6 Å². The SMILES string of the molecule is O=CC1=C(c2ccccc2)C(=O)c2ccccc21. The van der Waals surface area contributed by atoms with Gasteiger partial charge in [-0.15, -0.1) is 0 Å². The van der Waals surface area contributed by atoms with Crippen LogP contribution in [0.3, 0.4) is 0 Å². The molecular weight excluding hydrogens is 224 g/mol. The molecule has 0 spiro atoms. The van der Waals surface area contributed by atoms with Gasteiger partial charge in [0.15, 0.2) is 12.1 Å². The minimum atomic E-state index is -0.0705. The average Bonchev–Trinajstić information content (AvgIpc) is 2.73. The predicted octanol–water partition coefficient (Wildman–Crippen LogP) is 2.99. The van der Waals surface area contributed by atoms with Gasteiger partial charge < -0.3 is 0 Å². The Labute approximate surface area is 105 Å². The van der Waals surface area contributed by atoms with E-state index >= 15 is 0 Å². The predicted molar refractivity (Wildman–Crippen MR) is 70.1 cm³/mol. The van der Waals surface area contributed by atoms with Crippen molar-refractivity contribution in [2.24, 2.45) is 0 Å². The normalized spacial score (nSPS) is 13.7. The zero-order valence-electron chi connectivity index (χ0n) is 9.59. The molecule has 18 heavy (non-hydrogen) atoms. The molecule has 3 rings (SSSR count). The van der Waals surface area contributed by atoms with Crippen LogP contribution in [0.5, 0.6) is 0 Å². The van der Waals surface area contributed by atoms with Crippen LogP contribution in [-0.2, 0) is 4.79 Å². The number of carbonyl (C=O) groups is 2. The Kier molecular flexibility index (Phi) is 2.41. The number of rotatable bonds is 2. The van der Waals surface area contributed by atoms with Gasteiger partial charge in [0.25, 0.3) is 0 Å². The second-order valence-corrected chi connectivity index (χ2v) is 4.15. The van der Waals surface area contributed by atoms with Crippen molar-refractivity contribution < 1.29 is 9.59 Å². The third kappa shape index (κ3) is 1.43. The molecule has 86 valence electrons. The molecule has 1 aliphatic rings. The van der Waals surface area contributed by atoms with Crippen LogP contribution in [0, 0.1) is 0 Å². The van der Waals surface area contributed by atoms with E-state index < -0.39 is 0 Å². The maximum Gasteiger partial charge on any atom is 0.194 e. The molecule has 0 radical (unpaired) electrons. The van der Waals surface area contributed by atoms with Crippen LogP contribution in [-0.4, -0.2) is 12.1 Å². The molecule has 0 N–H and O–H groups in total. The highest BCUT2D eigenvalue weighted by molar-refractivity contribution is 6.46. The van der Waals surface area contributed by atoms with Gasteiger partial charge in [-0.25, -0.2) is 0 Å². The molecule has 0 fully saturated rings. The van der Waals surface area contributed by atoms with E-state index in [-0.39, 0.29) is 5.78 Å². The molecular formula is C16H10O2. The number of hydrogen-bond acceptors (Lipinski definition) is 2. The zero-order chi connectivity index (χ0) is 12.5. The summed E-state index contributed by atoms with van der Waals surface area (Å²) in [7, 11) is 0. The highest BCUT2D eigenvalue weighted by atomic mass is 16.1. The Balaban J connectivity index is 2.27. The Morgan fingerprint density at radius 3 is 2.06 bits per heavy atom. The molecule has 2 aromatic rings. The summed E-state index contributed by atoms with van der Waals surface area (Å²) in [4.78, 5) is 23.6. The second-order valence-electron chi connectivity index (χ2n) is 4.15. The second kappa shape index (κ2) is 4.08. The van der Waals surface area contributed by atoms with Crippen LogP contribution in [0.2, 0.25) is 0 Å². The van der Waals surface area contributed by atoms with E-state index in [4.69, 9.17) is 0 Å². The van der Waals surface area contributed by atoms with Gasteiger partial charge in [-0.2, -0.15) is 0 Å². The average molecular weight is 234 g/mol. The van der Waals surface area contributed by atoms with Gasteiger partial charge in [-0.1, -0.05) is 54.6 Å². The number of hydrogen-bond donors (Lipinski definition) is 0. The number of carbonyl (C=O) groups excluding carboxylic acids is 2. The molecule has 0 bridgehead atoms. The van der Waals surface area contributed by atoms with Gasteiger partial charge in [0.05, 0.1) is 0 Å². The summed E-state index contributed by atoms with van der Waals surface area (Å²) in [6, 6.07) is 16.5. The van der Waals surface area contributed by atoms with Gasteiger partial charge in [0.1, 0.15) is 0 Å². The van der Waals surface area contributed by atoms with Crippen molar-refractivity contribution in [3.63, 3.8) is 0 Å². The molecule has 0 atom stereocenters. The number of benzene rings is 2. The number of Topliss-reactive ketones (excluding diaryl/α,β-unsaturated/α-hetero) is 1. The number of fused-ring (bicyclic) bond motifs is 1. The minimum absolute atomic E-state index is 0.0705. The molecule has 0 unspecified atom stereocenters. The smallest absolute Gasteiger partial charge is 0.194 e. The third-order valence-corrected chi connectivity index (χ3v) is 3.14. The van der Waals surface area contributed by atoms with Crippen molar-refractivity contribution in [2.75, 3.05) is 0 Å². The fraction of sp³-hybridized carbons (Fsp3) is 0. The maximum absolute atomic E-state index is 12.3. The fourth-order valence-corrected chi connectivity index (χ4v) is 2.32. The first-order valence-electron chi connectivity index (χ1n) is 5.72. The van der Waals surface area contributed by atoms with E-state index in [9.17, 15) is 9.59 Å². The van der Waals surface area contributed by atoms with E-state index in [1.54, 1.807) is 6.07 Å². The topological polar surface area (TPSA) is 34.1 Å². The largest absolute Gasteiger partial charge is 0.298 e. The first-order valence-corrected chi connectivity index (χ1v) is 5.72. The van der Waals surface area contributed by atoms with Crippen LogP contribution in [0.25, 0.3) is 11.1 Å². The van der Waals surface area contributed by atoms with Crippen molar-refractivity contribution >= 4 is 23.2 Å². The van der Waals surface area contributed by atoms with Crippen molar-refractivity contribution in [1.29, 1.82) is 0 Å². The first-order chi connectivity index (χ1) is 8.83. The van der Waals surface area contributed by atoms with Crippen LogP contribution in [0.4, 0.5) is 0 Å². The van der Waals surface area contributed by atoms with E-state index in [2.05, 4.69) is 0 Å². The van der Waals surface area contributed by atoms with Gasteiger partial charge in [-0.3, -0.25) is 9.59 Å². The van der Waals surface area contributed by atoms with E-state index in [1.807, 2.05) is 48.5 Å². The van der Waals surface area contributed by atoms with Gasteiger partial charge >= 0.3 is 0 Å². The number of allylic oxidation sites excluding steroid dienone is 2. The van der Waals surface area contributed by atoms with E-state index in [0.717, 1.165) is 17.4 Å². The molecule has 2 heteroatoms. The van der Waals surface area contributed by atoms with E-state index in [1.165, 1.54) is 0 Å². The monoisotopic (exact) mass is 234 g/mol. The highest BCUT2D eigenvalue weighted by Gasteiger charge is 2.29. The van der Waals surface area contributed by atoms with Crippen molar-refractivity contribution in [2.45, 2.75) is 0 Å². The Morgan fingerprint density at radius 1 is 0.778 bits per heavy atom. The lowest BCUT2D eigenvalue weighted by Crippen LogP contribution is -1.97. The molecule has 0 saturated carbocycles. The van der Waals surface area contributed by atoms with E-state index in [0.29, 0.717) is 16.7 Å². The summed E-state index contributed by atoms with van der Waals surface area (Å²) in [6.45, 7) is 0. The summed E-state index contributed by atoms with van der Waals surface area (Å²) in [5.41, 5.74) is 3.13. The molecule has 0 heterocycles. The molecule has 0 saturated heterocycles. The Bertz CT molecular complexity index is 667. The number of ketones is 1. The zero-order valence-corrected chi connectivity index (χ0v) is 9.59. The molecule has 0 amide bonds. The maximum atomic E-state index is 12.3. The fourth-order valence-electron chi connectivity index (χ4n) is 2.32. The van der Waals surface area contributed by atoms with Gasteiger partial charge in [0, 0.05) is 16.7 Å². The lowest BCUT2D eigenvalue weighted by Gasteiger charge is -2.01. The van der Waals surface area contributed by atoms with Crippen LogP contribution in [0.1, 0.15) is 21.5 Å². The lowest BCUT2D eigenvalue weighted by atomic mass is 10.0. The van der Waals surface area contributed by atoms with Gasteiger partial charge in [-0.05, 0) is 11.1 Å². The summed E-state index contributed by atoms with van der Waals surface area (Å²) in [6.07, 6.45) is 0.770. The van der Waals surface area contributed by atoms with Crippen molar-refractivity contribution in [3.8, 4) is 0 Å². The summed E-state index contributed by atoms with van der Waals surface area (Å²) in [5, 5.41) is 0. The minimum Gasteiger partial charge on any atom is -0.298 e.